The number of methoxy groups -OCH3 is 1. The topological polar surface area (TPSA) is 93.6 Å². The Morgan fingerprint density at radius 2 is 1.18 bits per heavy atom. The number of aryl methyl sites for hydroxylation is 1. The largest absolute Gasteiger partial charge is 0.497 e. The normalized spacial score (nSPS) is 15.1. The highest BCUT2D eigenvalue weighted by Crippen LogP contribution is 2.21. The van der Waals surface area contributed by atoms with Crippen molar-refractivity contribution in [3.8, 4) is 28.5 Å². The molecule has 1 aliphatic heterocycles. The zero-order chi connectivity index (χ0) is 22.6. The Bertz CT molecular complexity index is 1180. The lowest BCUT2D eigenvalue weighted by Crippen LogP contribution is -2.45. The number of ether oxygens (including phenoxy) is 1. The van der Waals surface area contributed by atoms with Crippen LogP contribution in [0.1, 0.15) is 17.3 Å². The molecule has 9 heteroatoms. The van der Waals surface area contributed by atoms with E-state index in [4.69, 9.17) is 13.8 Å². The molecule has 0 atom stereocenters. The van der Waals surface area contributed by atoms with E-state index in [9.17, 15) is 0 Å². The highest BCUT2D eigenvalue weighted by molar-refractivity contribution is 5.55. The van der Waals surface area contributed by atoms with E-state index in [1.165, 1.54) is 5.56 Å². The van der Waals surface area contributed by atoms with Gasteiger partial charge < -0.3 is 13.8 Å². The molecule has 1 aliphatic rings. The molecule has 33 heavy (non-hydrogen) atoms. The molecule has 0 unspecified atom stereocenters. The molecule has 0 radical (unpaired) electrons. The second kappa shape index (κ2) is 9.51. The zero-order valence-electron chi connectivity index (χ0n) is 18.8. The van der Waals surface area contributed by atoms with Crippen LogP contribution < -0.4 is 4.74 Å². The number of piperazine rings is 1. The number of nitrogens with zero attached hydrogens (tertiary/aromatic N) is 6. The molecule has 4 aromatic rings. The number of rotatable bonds is 7. The summed E-state index contributed by atoms with van der Waals surface area (Å²) in [4.78, 5) is 13.7. The van der Waals surface area contributed by atoms with E-state index in [1.54, 1.807) is 7.11 Å². The first-order valence-electron chi connectivity index (χ1n) is 11.0. The molecular weight excluding hydrogens is 420 g/mol. The monoisotopic (exact) mass is 446 g/mol. The standard InChI is InChI=1S/C24H26N6O3/c1-17-3-5-18(6-4-17)23-25-21(32-27-23)15-29-11-13-30(14-12-29)16-22-26-24(28-33-22)19-7-9-20(31-2)10-8-19/h3-10H,11-16H2,1-2H3. The molecule has 3 heterocycles. The Morgan fingerprint density at radius 1 is 0.727 bits per heavy atom. The van der Waals surface area contributed by atoms with Crippen LogP contribution in [0.5, 0.6) is 5.75 Å². The van der Waals surface area contributed by atoms with Crippen molar-refractivity contribution in [2.75, 3.05) is 33.3 Å². The summed E-state index contributed by atoms with van der Waals surface area (Å²) >= 11 is 0. The summed E-state index contributed by atoms with van der Waals surface area (Å²) in [6, 6.07) is 15.8. The first kappa shape index (κ1) is 21.3. The number of hydrogen-bond donors (Lipinski definition) is 0. The van der Waals surface area contributed by atoms with Crippen LogP contribution in [-0.4, -0.2) is 63.4 Å². The molecule has 1 saturated heterocycles. The van der Waals surface area contributed by atoms with Crippen LogP contribution in [0.2, 0.25) is 0 Å². The third-order valence-electron chi connectivity index (χ3n) is 5.78. The van der Waals surface area contributed by atoms with Gasteiger partial charge >= 0.3 is 0 Å². The molecule has 0 amide bonds. The van der Waals surface area contributed by atoms with E-state index in [0.29, 0.717) is 36.5 Å². The molecule has 0 spiro atoms. The Hall–Kier alpha value is -3.56. The van der Waals surface area contributed by atoms with Gasteiger partial charge in [0.05, 0.1) is 20.2 Å². The molecule has 2 aromatic heterocycles. The molecule has 170 valence electrons. The Kier molecular flexibility index (Phi) is 6.14. The average molecular weight is 447 g/mol. The molecule has 0 N–H and O–H groups in total. The van der Waals surface area contributed by atoms with E-state index < -0.39 is 0 Å². The summed E-state index contributed by atoms with van der Waals surface area (Å²) in [5.41, 5.74) is 3.08. The van der Waals surface area contributed by atoms with Crippen LogP contribution in [0.25, 0.3) is 22.8 Å². The lowest BCUT2D eigenvalue weighted by molar-refractivity contribution is 0.103. The maximum absolute atomic E-state index is 5.48. The van der Waals surface area contributed by atoms with Crippen LogP contribution in [0.4, 0.5) is 0 Å². The predicted molar refractivity (Wildman–Crippen MR) is 121 cm³/mol. The maximum atomic E-state index is 5.48. The minimum atomic E-state index is 0.590. The summed E-state index contributed by atoms with van der Waals surface area (Å²) in [6.07, 6.45) is 0. The lowest BCUT2D eigenvalue weighted by Gasteiger charge is -2.32. The first-order chi connectivity index (χ1) is 16.2. The van der Waals surface area contributed by atoms with Crippen molar-refractivity contribution in [3.63, 3.8) is 0 Å². The predicted octanol–water partition coefficient (Wildman–Crippen LogP) is 3.42. The van der Waals surface area contributed by atoms with Crippen LogP contribution >= 0.6 is 0 Å². The Labute approximate surface area is 192 Å². The summed E-state index contributed by atoms with van der Waals surface area (Å²) in [6.45, 7) is 6.95. The third kappa shape index (κ3) is 5.10. The quantitative estimate of drug-likeness (QED) is 0.423. The molecule has 0 saturated carbocycles. The van der Waals surface area contributed by atoms with Crippen molar-refractivity contribution in [1.29, 1.82) is 0 Å². The van der Waals surface area contributed by atoms with Gasteiger partial charge in [-0.15, -0.1) is 0 Å². The molecule has 2 aromatic carbocycles. The van der Waals surface area contributed by atoms with Gasteiger partial charge in [-0.2, -0.15) is 9.97 Å². The fourth-order valence-corrected chi connectivity index (χ4v) is 3.80. The molecule has 0 bridgehead atoms. The van der Waals surface area contributed by atoms with Gasteiger partial charge in [0, 0.05) is 37.3 Å². The average Bonchev–Trinajstić information content (AvgIpc) is 3.51. The summed E-state index contributed by atoms with van der Waals surface area (Å²) in [5, 5.41) is 8.25. The number of aromatic nitrogens is 4. The number of benzene rings is 2. The van der Waals surface area contributed by atoms with Gasteiger partial charge in [0.1, 0.15) is 5.75 Å². The van der Waals surface area contributed by atoms with Gasteiger partial charge in [0.15, 0.2) is 0 Å². The van der Waals surface area contributed by atoms with Crippen molar-refractivity contribution in [2.24, 2.45) is 0 Å². The highest BCUT2D eigenvalue weighted by atomic mass is 16.5. The van der Waals surface area contributed by atoms with Crippen molar-refractivity contribution >= 4 is 0 Å². The zero-order valence-corrected chi connectivity index (χ0v) is 18.8. The van der Waals surface area contributed by atoms with Gasteiger partial charge in [-0.3, -0.25) is 9.80 Å². The fraction of sp³-hybridized carbons (Fsp3) is 0.333. The lowest BCUT2D eigenvalue weighted by atomic mass is 10.1. The minimum absolute atomic E-state index is 0.590. The van der Waals surface area contributed by atoms with E-state index >= 15 is 0 Å². The van der Waals surface area contributed by atoms with E-state index in [-0.39, 0.29) is 0 Å². The van der Waals surface area contributed by atoms with Crippen LogP contribution in [0.15, 0.2) is 57.6 Å². The van der Waals surface area contributed by atoms with Gasteiger partial charge in [0.25, 0.3) is 0 Å². The molecule has 9 nitrogen and oxygen atoms in total. The van der Waals surface area contributed by atoms with E-state index in [0.717, 1.165) is 43.1 Å². The van der Waals surface area contributed by atoms with Gasteiger partial charge in [0.2, 0.25) is 23.4 Å². The summed E-state index contributed by atoms with van der Waals surface area (Å²) in [7, 11) is 1.64. The SMILES string of the molecule is COc1ccc(-c2noc(CN3CCN(Cc4nc(-c5ccc(C)cc5)no4)CC3)n2)cc1. The Morgan fingerprint density at radius 3 is 1.64 bits per heavy atom. The minimum Gasteiger partial charge on any atom is -0.497 e. The maximum Gasteiger partial charge on any atom is 0.241 e. The third-order valence-corrected chi connectivity index (χ3v) is 5.78. The summed E-state index contributed by atoms with van der Waals surface area (Å²) in [5.74, 6) is 3.28. The van der Waals surface area contributed by atoms with Gasteiger partial charge in [-0.25, -0.2) is 0 Å². The Balaban J connectivity index is 1.12. The van der Waals surface area contributed by atoms with Crippen molar-refractivity contribution in [1.82, 2.24) is 30.1 Å². The van der Waals surface area contributed by atoms with Crippen molar-refractivity contribution in [2.45, 2.75) is 20.0 Å². The molecular formula is C24H26N6O3. The van der Waals surface area contributed by atoms with E-state index in [2.05, 4.69) is 37.0 Å². The second-order valence-corrected chi connectivity index (χ2v) is 8.17. The molecule has 0 aliphatic carbocycles. The van der Waals surface area contributed by atoms with Crippen LogP contribution in [0, 0.1) is 6.92 Å². The van der Waals surface area contributed by atoms with E-state index in [1.807, 2.05) is 48.5 Å². The van der Waals surface area contributed by atoms with Gasteiger partial charge in [-0.1, -0.05) is 40.1 Å². The van der Waals surface area contributed by atoms with Crippen LogP contribution in [0.3, 0.4) is 0 Å². The molecule has 1 fully saturated rings. The summed E-state index contributed by atoms with van der Waals surface area (Å²) < 4.78 is 16.1. The second-order valence-electron chi connectivity index (χ2n) is 8.17. The van der Waals surface area contributed by atoms with Crippen molar-refractivity contribution in [3.05, 3.63) is 65.9 Å². The number of hydrogen-bond acceptors (Lipinski definition) is 9. The smallest absolute Gasteiger partial charge is 0.241 e. The molecule has 5 rings (SSSR count). The van der Waals surface area contributed by atoms with Crippen LogP contribution in [-0.2, 0) is 13.1 Å². The van der Waals surface area contributed by atoms with Gasteiger partial charge in [-0.05, 0) is 31.2 Å². The highest BCUT2D eigenvalue weighted by Gasteiger charge is 2.21. The van der Waals surface area contributed by atoms with Crippen molar-refractivity contribution < 1.29 is 13.8 Å². The first-order valence-corrected chi connectivity index (χ1v) is 11.0. The fourth-order valence-electron chi connectivity index (χ4n) is 3.80.